The summed E-state index contributed by atoms with van der Waals surface area (Å²) in [6.45, 7) is 0. The standard InChI is InChI=1S/C37H23N3O/c1-3-13-25(14-4-1)33-31(23-22-29-28-19-9-10-21-32(28)41-34(29)33)37-39-35(26-15-5-2-6-16-26)38-36(40-37)30-20-11-17-24-12-7-8-18-27(24)30/h1-23H. The van der Waals surface area contributed by atoms with Gasteiger partial charge in [-0.25, -0.2) is 15.0 Å². The summed E-state index contributed by atoms with van der Waals surface area (Å²) in [5.74, 6) is 1.86. The van der Waals surface area contributed by atoms with Gasteiger partial charge in [0.05, 0.1) is 0 Å². The zero-order valence-electron chi connectivity index (χ0n) is 22.0. The summed E-state index contributed by atoms with van der Waals surface area (Å²) in [5, 5.41) is 4.39. The smallest absolute Gasteiger partial charge is 0.164 e. The Morgan fingerprint density at radius 1 is 0.390 bits per heavy atom. The predicted octanol–water partition coefficient (Wildman–Crippen LogP) is 9.59. The van der Waals surface area contributed by atoms with Gasteiger partial charge in [0.2, 0.25) is 0 Å². The van der Waals surface area contributed by atoms with Crippen molar-refractivity contribution in [2.45, 2.75) is 0 Å². The van der Waals surface area contributed by atoms with Crippen LogP contribution in [0.4, 0.5) is 0 Å². The largest absolute Gasteiger partial charge is 0.455 e. The number of rotatable bonds is 4. The minimum absolute atomic E-state index is 0.600. The zero-order chi connectivity index (χ0) is 27.2. The number of hydrogen-bond acceptors (Lipinski definition) is 4. The highest BCUT2D eigenvalue weighted by atomic mass is 16.3. The lowest BCUT2D eigenvalue weighted by molar-refractivity contribution is 0.670. The van der Waals surface area contributed by atoms with Crippen LogP contribution in [0.5, 0.6) is 0 Å². The first-order valence-electron chi connectivity index (χ1n) is 13.6. The van der Waals surface area contributed by atoms with Crippen molar-refractivity contribution in [2.75, 3.05) is 0 Å². The van der Waals surface area contributed by atoms with E-state index < -0.39 is 0 Å². The fourth-order valence-electron chi connectivity index (χ4n) is 5.62. The van der Waals surface area contributed by atoms with Gasteiger partial charge in [0, 0.05) is 33.0 Å². The van der Waals surface area contributed by atoms with Crippen molar-refractivity contribution in [2.24, 2.45) is 0 Å². The topological polar surface area (TPSA) is 51.8 Å². The maximum atomic E-state index is 6.52. The molecular weight excluding hydrogens is 502 g/mol. The van der Waals surface area contributed by atoms with Gasteiger partial charge in [-0.1, -0.05) is 121 Å². The first kappa shape index (κ1) is 23.3. The molecule has 0 fully saturated rings. The average Bonchev–Trinajstić information content (AvgIpc) is 3.43. The second-order valence-corrected chi connectivity index (χ2v) is 10.0. The Morgan fingerprint density at radius 3 is 1.80 bits per heavy atom. The quantitative estimate of drug-likeness (QED) is 0.230. The number of fused-ring (bicyclic) bond motifs is 4. The molecule has 0 aliphatic heterocycles. The number of hydrogen-bond donors (Lipinski definition) is 0. The molecular formula is C37H23N3O. The highest BCUT2D eigenvalue weighted by Crippen LogP contribution is 2.42. The van der Waals surface area contributed by atoms with E-state index >= 15 is 0 Å². The molecule has 0 saturated heterocycles. The van der Waals surface area contributed by atoms with Crippen LogP contribution in [-0.2, 0) is 0 Å². The van der Waals surface area contributed by atoms with Gasteiger partial charge in [0.15, 0.2) is 17.5 Å². The molecule has 0 amide bonds. The van der Waals surface area contributed by atoms with Crippen molar-refractivity contribution in [3.8, 4) is 45.3 Å². The average molecular weight is 526 g/mol. The molecule has 0 unspecified atom stereocenters. The molecule has 0 aliphatic carbocycles. The molecule has 0 bridgehead atoms. The highest BCUT2D eigenvalue weighted by Gasteiger charge is 2.21. The van der Waals surface area contributed by atoms with E-state index in [0.29, 0.717) is 17.5 Å². The van der Waals surface area contributed by atoms with Crippen LogP contribution < -0.4 is 0 Å². The van der Waals surface area contributed by atoms with Gasteiger partial charge >= 0.3 is 0 Å². The third-order valence-electron chi connectivity index (χ3n) is 7.55. The van der Waals surface area contributed by atoms with Gasteiger partial charge < -0.3 is 4.42 Å². The van der Waals surface area contributed by atoms with Crippen molar-refractivity contribution in [3.63, 3.8) is 0 Å². The second kappa shape index (κ2) is 9.54. The van der Waals surface area contributed by atoms with Crippen LogP contribution in [0.3, 0.4) is 0 Å². The van der Waals surface area contributed by atoms with Gasteiger partial charge in [0.25, 0.3) is 0 Å². The van der Waals surface area contributed by atoms with E-state index in [-0.39, 0.29) is 0 Å². The summed E-state index contributed by atoms with van der Waals surface area (Å²) < 4.78 is 6.52. The summed E-state index contributed by atoms with van der Waals surface area (Å²) in [7, 11) is 0. The van der Waals surface area contributed by atoms with Crippen molar-refractivity contribution < 1.29 is 4.42 Å². The molecule has 8 aromatic rings. The van der Waals surface area contributed by atoms with Gasteiger partial charge in [-0.15, -0.1) is 0 Å². The number of benzene rings is 6. The molecule has 4 heteroatoms. The molecule has 2 aromatic heterocycles. The van der Waals surface area contributed by atoms with E-state index in [1.54, 1.807) is 0 Å². The van der Waals surface area contributed by atoms with Gasteiger partial charge in [-0.05, 0) is 34.5 Å². The number of nitrogens with zero attached hydrogens (tertiary/aromatic N) is 3. The lowest BCUT2D eigenvalue weighted by atomic mass is 9.96. The molecule has 6 aromatic carbocycles. The van der Waals surface area contributed by atoms with Crippen LogP contribution in [0.2, 0.25) is 0 Å². The molecule has 0 aliphatic rings. The van der Waals surface area contributed by atoms with Crippen LogP contribution in [0.25, 0.3) is 78.0 Å². The van der Waals surface area contributed by atoms with Crippen LogP contribution in [0.1, 0.15) is 0 Å². The van der Waals surface area contributed by atoms with Crippen LogP contribution >= 0.6 is 0 Å². The Balaban J connectivity index is 1.45. The molecule has 0 N–H and O–H groups in total. The molecule has 2 heterocycles. The van der Waals surface area contributed by atoms with Gasteiger partial charge in [0.1, 0.15) is 11.2 Å². The number of aromatic nitrogens is 3. The Morgan fingerprint density at radius 2 is 1.00 bits per heavy atom. The Labute approximate surface area is 236 Å². The molecule has 8 rings (SSSR count). The van der Waals surface area contributed by atoms with E-state index in [0.717, 1.165) is 60.5 Å². The summed E-state index contributed by atoms with van der Waals surface area (Å²) >= 11 is 0. The first-order chi connectivity index (χ1) is 20.3. The summed E-state index contributed by atoms with van der Waals surface area (Å²) in [6, 6.07) is 47.4. The van der Waals surface area contributed by atoms with Crippen molar-refractivity contribution >= 4 is 32.7 Å². The van der Waals surface area contributed by atoms with E-state index in [4.69, 9.17) is 19.4 Å². The zero-order valence-corrected chi connectivity index (χ0v) is 22.0. The molecule has 0 spiro atoms. The third kappa shape index (κ3) is 3.97. The monoisotopic (exact) mass is 525 g/mol. The van der Waals surface area contributed by atoms with E-state index in [9.17, 15) is 0 Å². The highest BCUT2D eigenvalue weighted by molar-refractivity contribution is 6.12. The maximum Gasteiger partial charge on any atom is 0.164 e. The van der Waals surface area contributed by atoms with Crippen LogP contribution in [-0.4, -0.2) is 15.0 Å². The predicted molar refractivity (Wildman–Crippen MR) is 166 cm³/mol. The van der Waals surface area contributed by atoms with Gasteiger partial charge in [-0.2, -0.15) is 0 Å². The number of furan rings is 1. The van der Waals surface area contributed by atoms with Crippen LogP contribution in [0.15, 0.2) is 144 Å². The minimum atomic E-state index is 0.600. The molecule has 4 nitrogen and oxygen atoms in total. The molecule has 0 atom stereocenters. The van der Waals surface area contributed by atoms with Crippen molar-refractivity contribution in [3.05, 3.63) is 140 Å². The van der Waals surface area contributed by atoms with Crippen molar-refractivity contribution in [1.82, 2.24) is 15.0 Å². The fourth-order valence-corrected chi connectivity index (χ4v) is 5.62. The van der Waals surface area contributed by atoms with Crippen LogP contribution in [0, 0.1) is 0 Å². The Bertz CT molecular complexity index is 2200. The maximum absolute atomic E-state index is 6.52. The Hall–Kier alpha value is -5.61. The van der Waals surface area contributed by atoms with E-state index in [1.807, 2.05) is 66.7 Å². The molecule has 192 valence electrons. The summed E-state index contributed by atoms with van der Waals surface area (Å²) in [4.78, 5) is 15.2. The van der Waals surface area contributed by atoms with E-state index in [1.165, 1.54) is 0 Å². The lowest BCUT2D eigenvalue weighted by Gasteiger charge is -2.13. The first-order valence-corrected chi connectivity index (χ1v) is 13.6. The molecule has 0 saturated carbocycles. The SMILES string of the molecule is c1ccc(-c2nc(-c3ccc4c(oc5ccccc54)c3-c3ccccc3)nc(-c3cccc4ccccc34)n2)cc1. The molecule has 41 heavy (non-hydrogen) atoms. The Kier molecular flexibility index (Phi) is 5.42. The summed E-state index contributed by atoms with van der Waals surface area (Å²) in [6.07, 6.45) is 0. The normalized spacial score (nSPS) is 11.4. The fraction of sp³-hybridized carbons (Fsp3) is 0. The summed E-state index contributed by atoms with van der Waals surface area (Å²) in [5.41, 5.74) is 6.48. The second-order valence-electron chi connectivity index (χ2n) is 10.0. The molecule has 0 radical (unpaired) electrons. The van der Waals surface area contributed by atoms with Crippen molar-refractivity contribution in [1.29, 1.82) is 0 Å². The minimum Gasteiger partial charge on any atom is -0.455 e. The van der Waals surface area contributed by atoms with E-state index in [2.05, 4.69) is 72.8 Å². The third-order valence-corrected chi connectivity index (χ3v) is 7.55. The van der Waals surface area contributed by atoms with Gasteiger partial charge in [-0.3, -0.25) is 0 Å². The lowest BCUT2D eigenvalue weighted by Crippen LogP contribution is -2.01. The number of para-hydroxylation sites is 1.